The molecule has 0 saturated heterocycles. The maximum absolute atomic E-state index is 10.6. The highest BCUT2D eigenvalue weighted by atomic mass is 16.4. The van der Waals surface area contributed by atoms with Gasteiger partial charge in [0.25, 0.3) is 0 Å². The van der Waals surface area contributed by atoms with Crippen molar-refractivity contribution >= 4 is 5.97 Å². The summed E-state index contributed by atoms with van der Waals surface area (Å²) in [5, 5.41) is 12.8. The first kappa shape index (κ1) is 10.4. The second kappa shape index (κ2) is 4.18. The standard InChI is InChI=1S/C12H12N2O2/c1-14-8-11(7-13-14)10-4-2-3-9(5-10)6-12(15)16/h2-5,7-8H,6H2,1H3,(H,15,16). The van der Waals surface area contributed by atoms with Gasteiger partial charge in [-0.2, -0.15) is 5.10 Å². The topological polar surface area (TPSA) is 55.1 Å². The molecule has 4 nitrogen and oxygen atoms in total. The van der Waals surface area contributed by atoms with Crippen LogP contribution in [0.15, 0.2) is 36.7 Å². The van der Waals surface area contributed by atoms with E-state index in [0.717, 1.165) is 16.7 Å². The van der Waals surface area contributed by atoms with Gasteiger partial charge in [-0.15, -0.1) is 0 Å². The minimum absolute atomic E-state index is 0.0497. The number of hydrogen-bond acceptors (Lipinski definition) is 2. The van der Waals surface area contributed by atoms with Crippen LogP contribution in [0, 0.1) is 0 Å². The zero-order valence-corrected chi connectivity index (χ0v) is 8.92. The zero-order chi connectivity index (χ0) is 11.5. The average Bonchev–Trinajstić information content (AvgIpc) is 2.64. The van der Waals surface area contributed by atoms with E-state index in [0.29, 0.717) is 0 Å². The second-order valence-electron chi connectivity index (χ2n) is 3.67. The molecule has 1 aromatic heterocycles. The van der Waals surface area contributed by atoms with Crippen molar-refractivity contribution < 1.29 is 9.90 Å². The van der Waals surface area contributed by atoms with E-state index in [-0.39, 0.29) is 6.42 Å². The van der Waals surface area contributed by atoms with Gasteiger partial charge in [0.05, 0.1) is 12.6 Å². The van der Waals surface area contributed by atoms with Gasteiger partial charge in [0.2, 0.25) is 0 Å². The van der Waals surface area contributed by atoms with E-state index >= 15 is 0 Å². The van der Waals surface area contributed by atoms with Crippen molar-refractivity contribution in [2.75, 3.05) is 0 Å². The minimum atomic E-state index is -0.816. The molecule has 0 unspecified atom stereocenters. The summed E-state index contributed by atoms with van der Waals surface area (Å²) in [6.45, 7) is 0. The molecule has 0 saturated carbocycles. The Morgan fingerprint density at radius 3 is 2.88 bits per heavy atom. The number of aromatic nitrogens is 2. The predicted molar refractivity (Wildman–Crippen MR) is 60.0 cm³/mol. The molecule has 4 heteroatoms. The molecule has 0 radical (unpaired) electrons. The van der Waals surface area contributed by atoms with Gasteiger partial charge >= 0.3 is 5.97 Å². The van der Waals surface area contributed by atoms with Gasteiger partial charge in [-0.05, 0) is 11.1 Å². The quantitative estimate of drug-likeness (QED) is 0.849. The van der Waals surface area contributed by atoms with Crippen LogP contribution in [-0.2, 0) is 18.3 Å². The molecule has 0 aliphatic heterocycles. The summed E-state index contributed by atoms with van der Waals surface area (Å²) in [5.41, 5.74) is 2.79. The fourth-order valence-corrected chi connectivity index (χ4v) is 1.61. The number of carbonyl (C=O) groups is 1. The highest BCUT2D eigenvalue weighted by molar-refractivity contribution is 5.71. The normalized spacial score (nSPS) is 10.3. The summed E-state index contributed by atoms with van der Waals surface area (Å²) in [6.07, 6.45) is 3.72. The van der Waals surface area contributed by atoms with E-state index in [1.165, 1.54) is 0 Å². The first-order chi connectivity index (χ1) is 7.65. The molecule has 0 bridgehead atoms. The Kier molecular flexibility index (Phi) is 2.72. The summed E-state index contributed by atoms with van der Waals surface area (Å²) in [5.74, 6) is -0.816. The number of carboxylic acid groups (broad SMARTS) is 1. The van der Waals surface area contributed by atoms with Gasteiger partial charge in [-0.3, -0.25) is 9.48 Å². The van der Waals surface area contributed by atoms with E-state index in [4.69, 9.17) is 5.11 Å². The molecule has 2 aromatic rings. The third-order valence-electron chi connectivity index (χ3n) is 2.32. The van der Waals surface area contributed by atoms with E-state index < -0.39 is 5.97 Å². The van der Waals surface area contributed by atoms with Crippen molar-refractivity contribution in [1.29, 1.82) is 0 Å². The molecule has 2 rings (SSSR count). The van der Waals surface area contributed by atoms with Crippen LogP contribution in [0.4, 0.5) is 0 Å². The number of carboxylic acids is 1. The Morgan fingerprint density at radius 1 is 1.44 bits per heavy atom. The molecule has 82 valence electrons. The largest absolute Gasteiger partial charge is 0.481 e. The lowest BCUT2D eigenvalue weighted by atomic mass is 10.0. The van der Waals surface area contributed by atoms with E-state index in [9.17, 15) is 4.79 Å². The van der Waals surface area contributed by atoms with Gasteiger partial charge in [0.15, 0.2) is 0 Å². The summed E-state index contributed by atoms with van der Waals surface area (Å²) in [6, 6.07) is 7.50. The van der Waals surface area contributed by atoms with Crippen molar-refractivity contribution in [3.63, 3.8) is 0 Å². The SMILES string of the molecule is Cn1cc(-c2cccc(CC(=O)O)c2)cn1. The first-order valence-electron chi connectivity index (χ1n) is 4.95. The maximum Gasteiger partial charge on any atom is 0.307 e. The van der Waals surface area contributed by atoms with Crippen LogP contribution in [0.5, 0.6) is 0 Å². The van der Waals surface area contributed by atoms with Gasteiger partial charge < -0.3 is 5.11 Å². The third kappa shape index (κ3) is 2.28. The van der Waals surface area contributed by atoms with Gasteiger partial charge in [-0.1, -0.05) is 24.3 Å². The van der Waals surface area contributed by atoms with Gasteiger partial charge in [-0.25, -0.2) is 0 Å². The number of nitrogens with zero attached hydrogens (tertiary/aromatic N) is 2. The van der Waals surface area contributed by atoms with E-state index in [2.05, 4.69) is 5.10 Å². The molecule has 0 spiro atoms. The lowest BCUT2D eigenvalue weighted by Crippen LogP contribution is -1.99. The zero-order valence-electron chi connectivity index (χ0n) is 8.92. The Morgan fingerprint density at radius 2 is 2.25 bits per heavy atom. The fourth-order valence-electron chi connectivity index (χ4n) is 1.61. The molecule has 0 amide bonds. The molecule has 0 aliphatic carbocycles. The van der Waals surface area contributed by atoms with Crippen LogP contribution in [0.1, 0.15) is 5.56 Å². The predicted octanol–water partition coefficient (Wildman–Crippen LogP) is 1.71. The summed E-state index contributed by atoms with van der Waals surface area (Å²) >= 11 is 0. The highest BCUT2D eigenvalue weighted by Crippen LogP contribution is 2.19. The molecule has 1 aromatic carbocycles. The number of hydrogen-bond donors (Lipinski definition) is 1. The molecule has 0 fully saturated rings. The number of rotatable bonds is 3. The van der Waals surface area contributed by atoms with Gasteiger partial charge in [0.1, 0.15) is 0 Å². The Bertz CT molecular complexity index is 517. The average molecular weight is 216 g/mol. The van der Waals surface area contributed by atoms with Crippen molar-refractivity contribution in [2.45, 2.75) is 6.42 Å². The van der Waals surface area contributed by atoms with Crippen LogP contribution >= 0.6 is 0 Å². The van der Waals surface area contributed by atoms with E-state index in [1.54, 1.807) is 10.9 Å². The molecule has 1 N–H and O–H groups in total. The lowest BCUT2D eigenvalue weighted by Gasteiger charge is -2.00. The van der Waals surface area contributed by atoms with Crippen LogP contribution in [0.3, 0.4) is 0 Å². The molecule has 16 heavy (non-hydrogen) atoms. The Labute approximate surface area is 93.1 Å². The van der Waals surface area contributed by atoms with Crippen LogP contribution in [-0.4, -0.2) is 20.9 Å². The fraction of sp³-hybridized carbons (Fsp3) is 0.167. The highest BCUT2D eigenvalue weighted by Gasteiger charge is 2.04. The molecule has 1 heterocycles. The van der Waals surface area contributed by atoms with E-state index in [1.807, 2.05) is 37.5 Å². The number of aryl methyl sites for hydroxylation is 1. The summed E-state index contributed by atoms with van der Waals surface area (Å²) < 4.78 is 1.72. The third-order valence-corrected chi connectivity index (χ3v) is 2.32. The van der Waals surface area contributed by atoms with Crippen molar-refractivity contribution in [1.82, 2.24) is 9.78 Å². The minimum Gasteiger partial charge on any atom is -0.481 e. The number of aliphatic carboxylic acids is 1. The summed E-state index contributed by atoms with van der Waals surface area (Å²) in [4.78, 5) is 10.6. The van der Waals surface area contributed by atoms with Gasteiger partial charge in [0, 0.05) is 18.8 Å². The molecule has 0 atom stereocenters. The van der Waals surface area contributed by atoms with Crippen LogP contribution in [0.2, 0.25) is 0 Å². The molecule has 0 aliphatic rings. The Hall–Kier alpha value is -2.10. The number of benzene rings is 1. The van der Waals surface area contributed by atoms with Crippen molar-refractivity contribution in [2.24, 2.45) is 7.05 Å². The van der Waals surface area contributed by atoms with Crippen molar-refractivity contribution in [3.05, 3.63) is 42.2 Å². The smallest absolute Gasteiger partial charge is 0.307 e. The summed E-state index contributed by atoms with van der Waals surface area (Å²) in [7, 11) is 1.85. The lowest BCUT2D eigenvalue weighted by molar-refractivity contribution is -0.136. The van der Waals surface area contributed by atoms with Crippen LogP contribution in [0.25, 0.3) is 11.1 Å². The Balaban J connectivity index is 2.32. The monoisotopic (exact) mass is 216 g/mol. The second-order valence-corrected chi connectivity index (χ2v) is 3.67. The molecular formula is C12H12N2O2. The van der Waals surface area contributed by atoms with Crippen molar-refractivity contribution in [3.8, 4) is 11.1 Å². The first-order valence-corrected chi connectivity index (χ1v) is 4.95. The van der Waals surface area contributed by atoms with Crippen LogP contribution < -0.4 is 0 Å². The maximum atomic E-state index is 10.6. The molecular weight excluding hydrogens is 204 g/mol.